The van der Waals surface area contributed by atoms with Gasteiger partial charge in [0, 0.05) is 12.8 Å². The van der Waals surface area contributed by atoms with Crippen molar-refractivity contribution < 1.29 is 14.3 Å². The van der Waals surface area contributed by atoms with Crippen molar-refractivity contribution in [2.24, 2.45) is 0 Å². The highest BCUT2D eigenvalue weighted by molar-refractivity contribution is 5.85. The van der Waals surface area contributed by atoms with Crippen molar-refractivity contribution >= 4 is 29.3 Å². The van der Waals surface area contributed by atoms with E-state index in [1.165, 1.54) is 70.6 Å². The summed E-state index contributed by atoms with van der Waals surface area (Å²) in [5.74, 6) is -0.783. The number of esters is 2. The van der Waals surface area contributed by atoms with Crippen LogP contribution in [0.1, 0.15) is 110 Å². The fourth-order valence-electron chi connectivity index (χ4n) is 2.54. The van der Waals surface area contributed by atoms with Crippen LogP contribution in [0.3, 0.4) is 0 Å². The van der Waals surface area contributed by atoms with E-state index in [0.717, 1.165) is 12.8 Å². The molecule has 0 aliphatic carbocycles. The molecule has 0 bridgehead atoms. The van der Waals surface area contributed by atoms with E-state index in [0.29, 0.717) is 6.42 Å². The number of rotatable bonds is 15. The molecule has 0 radical (unpaired) electrons. The van der Waals surface area contributed by atoms with Crippen molar-refractivity contribution in [2.75, 3.05) is 0 Å². The number of hydrogen-bond donors (Lipinski definition) is 0. The van der Waals surface area contributed by atoms with Gasteiger partial charge in [-0.2, -0.15) is 0 Å². The summed E-state index contributed by atoms with van der Waals surface area (Å²) in [5, 5.41) is 0. The number of carbonyl (C=O) groups is 2. The van der Waals surface area contributed by atoms with Gasteiger partial charge in [-0.05, 0) is 6.42 Å². The van der Waals surface area contributed by atoms with Crippen molar-refractivity contribution in [3.05, 3.63) is 0 Å². The van der Waals surface area contributed by atoms with Gasteiger partial charge in [0.2, 0.25) is 0 Å². The van der Waals surface area contributed by atoms with Crippen LogP contribution >= 0.6 is 0 Å². The molecule has 0 spiro atoms. The van der Waals surface area contributed by atoms with E-state index < -0.39 is 5.97 Å². The summed E-state index contributed by atoms with van der Waals surface area (Å²) in [5.41, 5.74) is 0. The van der Waals surface area contributed by atoms with E-state index in [4.69, 9.17) is 0 Å². The second kappa shape index (κ2) is 19.7. The van der Waals surface area contributed by atoms with Crippen LogP contribution in [-0.4, -0.2) is 29.3 Å². The third kappa shape index (κ3) is 19.6. The second-order valence-electron chi connectivity index (χ2n) is 6.19. The Hall–Kier alpha value is -0.328. The van der Waals surface area contributed by atoms with Crippen LogP contribution in [0.4, 0.5) is 0 Å². The van der Waals surface area contributed by atoms with Crippen molar-refractivity contribution in [3.8, 4) is 0 Å². The van der Waals surface area contributed by atoms with Gasteiger partial charge in [0.05, 0.1) is 0 Å². The molecule has 0 unspecified atom stereocenters. The lowest BCUT2D eigenvalue weighted by atomic mass is 10.0. The number of hydrogen-bond acceptors (Lipinski definition) is 3. The largest absolute Gasteiger partial charge is 0.393 e. The van der Waals surface area contributed by atoms with Crippen LogP contribution in [0.2, 0.25) is 0 Å². The minimum Gasteiger partial charge on any atom is -0.393 e. The molecule has 0 heterocycles. The van der Waals surface area contributed by atoms with E-state index in [1.807, 2.05) is 0 Å². The molecular formula is C19H39AlO3. The highest BCUT2D eigenvalue weighted by Gasteiger charge is 2.07. The summed E-state index contributed by atoms with van der Waals surface area (Å²) in [4.78, 5) is 22.2. The summed E-state index contributed by atoms with van der Waals surface area (Å²) >= 11 is 0. The number of ether oxygens (including phenoxy) is 1. The highest BCUT2D eigenvalue weighted by Crippen LogP contribution is 2.13. The molecule has 0 aliphatic heterocycles. The molecule has 0 aliphatic rings. The minimum absolute atomic E-state index is 0. The van der Waals surface area contributed by atoms with E-state index in [2.05, 4.69) is 11.7 Å². The predicted octanol–water partition coefficient (Wildman–Crippen LogP) is 4.76. The van der Waals surface area contributed by atoms with Gasteiger partial charge in [0.1, 0.15) is 0 Å². The quantitative estimate of drug-likeness (QED) is 0.186. The Morgan fingerprint density at radius 2 is 1.00 bits per heavy atom. The van der Waals surface area contributed by atoms with Gasteiger partial charge in [-0.25, -0.2) is 0 Å². The van der Waals surface area contributed by atoms with Crippen LogP contribution in [0.15, 0.2) is 0 Å². The molecule has 0 aromatic heterocycles. The van der Waals surface area contributed by atoms with Gasteiger partial charge < -0.3 is 4.74 Å². The standard InChI is InChI=1S/C19H36O3.Al.3H/c1-3-5-6-7-8-9-10-11-12-13-14-15-16-17-19(21)22-18(20)4-2;;;;/h3-17H2,1-2H3;;;;. The van der Waals surface area contributed by atoms with Crippen molar-refractivity contribution in [1.82, 2.24) is 0 Å². The second-order valence-corrected chi connectivity index (χ2v) is 6.19. The molecule has 0 saturated carbocycles. The normalized spacial score (nSPS) is 10.2. The maximum Gasteiger partial charge on any atom is 0.313 e. The smallest absolute Gasteiger partial charge is 0.313 e. The summed E-state index contributed by atoms with van der Waals surface area (Å²) < 4.78 is 4.63. The van der Waals surface area contributed by atoms with Crippen LogP contribution < -0.4 is 0 Å². The van der Waals surface area contributed by atoms with Gasteiger partial charge in [0.25, 0.3) is 0 Å². The van der Waals surface area contributed by atoms with E-state index in [-0.39, 0.29) is 29.8 Å². The lowest BCUT2D eigenvalue weighted by Crippen LogP contribution is -2.10. The van der Waals surface area contributed by atoms with Crippen molar-refractivity contribution in [3.63, 3.8) is 0 Å². The molecule has 0 saturated heterocycles. The Bertz CT molecular complexity index is 280. The maximum atomic E-state index is 11.3. The molecule has 0 fully saturated rings. The summed E-state index contributed by atoms with van der Waals surface area (Å²) in [6.45, 7) is 3.95. The highest BCUT2D eigenvalue weighted by atomic mass is 27.0. The van der Waals surface area contributed by atoms with E-state index in [1.54, 1.807) is 6.92 Å². The molecule has 3 nitrogen and oxygen atoms in total. The van der Waals surface area contributed by atoms with Gasteiger partial charge >= 0.3 is 11.9 Å². The monoisotopic (exact) mass is 342 g/mol. The van der Waals surface area contributed by atoms with Gasteiger partial charge in [-0.1, -0.05) is 90.9 Å². The van der Waals surface area contributed by atoms with Crippen LogP contribution in [-0.2, 0) is 14.3 Å². The maximum absolute atomic E-state index is 11.3. The predicted molar refractivity (Wildman–Crippen MR) is 102 cm³/mol. The first-order valence-corrected chi connectivity index (χ1v) is 9.44. The Labute approximate surface area is 154 Å². The third-order valence-electron chi connectivity index (χ3n) is 4.00. The Kier molecular flexibility index (Phi) is 21.4. The molecule has 136 valence electrons. The first-order chi connectivity index (χ1) is 10.7. The molecule has 0 atom stereocenters. The molecule has 4 heteroatoms. The molecular weight excluding hydrogens is 303 g/mol. The summed E-state index contributed by atoms with van der Waals surface area (Å²) in [6.07, 6.45) is 17.4. The van der Waals surface area contributed by atoms with Gasteiger partial charge in [-0.15, -0.1) is 0 Å². The SMILES string of the molecule is CCCCCCCCCCCCCCCC(=O)OC(=O)CC.[AlH3]. The van der Waals surface area contributed by atoms with Crippen molar-refractivity contribution in [2.45, 2.75) is 110 Å². The fraction of sp³-hybridized carbons (Fsp3) is 0.895. The van der Waals surface area contributed by atoms with E-state index in [9.17, 15) is 9.59 Å². The summed E-state index contributed by atoms with van der Waals surface area (Å²) in [6, 6.07) is 0. The zero-order valence-corrected chi connectivity index (χ0v) is 14.8. The zero-order valence-electron chi connectivity index (χ0n) is 14.8. The van der Waals surface area contributed by atoms with Crippen LogP contribution in [0.5, 0.6) is 0 Å². The molecule has 0 aromatic rings. The first-order valence-electron chi connectivity index (χ1n) is 9.44. The lowest BCUT2D eigenvalue weighted by molar-refractivity contribution is -0.159. The van der Waals surface area contributed by atoms with E-state index >= 15 is 0 Å². The van der Waals surface area contributed by atoms with Gasteiger partial charge in [0.15, 0.2) is 17.4 Å². The topological polar surface area (TPSA) is 43.4 Å². The van der Waals surface area contributed by atoms with Gasteiger partial charge in [-0.3, -0.25) is 9.59 Å². The summed E-state index contributed by atoms with van der Waals surface area (Å²) in [7, 11) is 0. The third-order valence-corrected chi connectivity index (χ3v) is 4.00. The Balaban J connectivity index is 0. The average Bonchev–Trinajstić information content (AvgIpc) is 2.51. The van der Waals surface area contributed by atoms with Crippen LogP contribution in [0, 0.1) is 0 Å². The lowest BCUT2D eigenvalue weighted by Gasteiger charge is -2.03. The average molecular weight is 342 g/mol. The zero-order chi connectivity index (χ0) is 16.5. The minimum atomic E-state index is -0.417. The molecule has 0 amide bonds. The molecule has 0 N–H and O–H groups in total. The number of unbranched alkanes of at least 4 members (excludes halogenated alkanes) is 12. The molecule has 23 heavy (non-hydrogen) atoms. The fourth-order valence-corrected chi connectivity index (χ4v) is 2.54. The first kappa shape index (κ1) is 24.9. The molecule has 0 rings (SSSR count). The van der Waals surface area contributed by atoms with Crippen molar-refractivity contribution in [1.29, 1.82) is 0 Å². The Morgan fingerprint density at radius 1 is 0.609 bits per heavy atom. The molecule has 0 aromatic carbocycles. The number of carbonyl (C=O) groups excluding carboxylic acids is 2. The Morgan fingerprint density at radius 3 is 1.39 bits per heavy atom. The van der Waals surface area contributed by atoms with Crippen LogP contribution in [0.25, 0.3) is 0 Å².